The van der Waals surface area contributed by atoms with E-state index in [1.54, 1.807) is 0 Å². The highest BCUT2D eigenvalue weighted by Crippen LogP contribution is 1.89. The van der Waals surface area contributed by atoms with Crippen molar-refractivity contribution in [2.45, 2.75) is 25.8 Å². The van der Waals surface area contributed by atoms with Crippen molar-refractivity contribution in [1.29, 1.82) is 0 Å². The quantitative estimate of drug-likeness (QED) is 0.222. The molecule has 1 unspecified atom stereocenters. The van der Waals surface area contributed by atoms with Crippen molar-refractivity contribution in [3.63, 3.8) is 0 Å². The van der Waals surface area contributed by atoms with Crippen molar-refractivity contribution >= 4 is 0 Å². The van der Waals surface area contributed by atoms with E-state index in [9.17, 15) is 0 Å². The minimum absolute atomic E-state index is 0.296. The largest absolute Gasteiger partial charge is 0.328 e. The van der Waals surface area contributed by atoms with Crippen LogP contribution in [0.1, 0.15) is 19.8 Å². The third kappa shape index (κ3) is 7.84. The molecule has 0 aliphatic carbocycles. The van der Waals surface area contributed by atoms with Crippen molar-refractivity contribution in [3.8, 4) is 0 Å². The van der Waals surface area contributed by atoms with Gasteiger partial charge < -0.3 is 5.73 Å². The zero-order valence-electron chi connectivity index (χ0n) is 5.85. The average Bonchev–Trinajstić information content (AvgIpc) is 1.80. The molecule has 0 saturated carbocycles. The summed E-state index contributed by atoms with van der Waals surface area (Å²) in [5.74, 6) is 4.95. The van der Waals surface area contributed by atoms with Crippen molar-refractivity contribution in [1.82, 2.24) is 11.0 Å². The molecule has 0 aromatic rings. The second-order valence-corrected chi connectivity index (χ2v) is 2.19. The molecule has 0 spiro atoms. The van der Waals surface area contributed by atoms with Gasteiger partial charge in [-0.2, -0.15) is 5.53 Å². The van der Waals surface area contributed by atoms with Crippen LogP contribution in [0, 0.1) is 0 Å². The summed E-state index contributed by atoms with van der Waals surface area (Å²) in [5, 5.41) is 0. The van der Waals surface area contributed by atoms with Gasteiger partial charge in [-0.1, -0.05) is 0 Å². The maximum absolute atomic E-state index is 5.50. The fourth-order valence-corrected chi connectivity index (χ4v) is 0.585. The zero-order chi connectivity index (χ0) is 7.11. The Morgan fingerprint density at radius 1 is 1.56 bits per heavy atom. The van der Waals surface area contributed by atoms with Crippen LogP contribution >= 0.6 is 0 Å². The van der Waals surface area contributed by atoms with Crippen LogP contribution in [0.15, 0.2) is 0 Å². The predicted octanol–water partition coefficient (Wildman–Crippen LogP) is -0.918. The van der Waals surface area contributed by atoms with Crippen LogP contribution in [-0.4, -0.2) is 12.6 Å². The molecule has 0 saturated heterocycles. The van der Waals surface area contributed by atoms with Crippen LogP contribution in [0.4, 0.5) is 0 Å². The van der Waals surface area contributed by atoms with Crippen LogP contribution < -0.4 is 22.5 Å². The van der Waals surface area contributed by atoms with Crippen LogP contribution in [0.25, 0.3) is 0 Å². The van der Waals surface area contributed by atoms with Gasteiger partial charge in [0.1, 0.15) is 0 Å². The molecule has 9 heavy (non-hydrogen) atoms. The molecule has 0 aromatic carbocycles. The molecule has 4 heteroatoms. The number of rotatable bonds is 5. The zero-order valence-corrected chi connectivity index (χ0v) is 5.85. The molecule has 6 N–H and O–H groups in total. The maximum Gasteiger partial charge on any atom is 0.0113 e. The Labute approximate surface area is 55.9 Å². The first-order chi connectivity index (χ1) is 4.27. The molecule has 0 amide bonds. The van der Waals surface area contributed by atoms with E-state index in [0.717, 1.165) is 19.4 Å². The average molecular weight is 132 g/mol. The Hall–Kier alpha value is -0.160. The van der Waals surface area contributed by atoms with E-state index in [4.69, 9.17) is 11.6 Å². The normalized spacial score (nSPS) is 13.7. The molecular formula is C5H16N4. The van der Waals surface area contributed by atoms with E-state index >= 15 is 0 Å². The van der Waals surface area contributed by atoms with Gasteiger partial charge in [-0.05, 0) is 19.8 Å². The lowest BCUT2D eigenvalue weighted by atomic mass is 10.2. The lowest BCUT2D eigenvalue weighted by Crippen LogP contribution is -2.38. The van der Waals surface area contributed by atoms with Gasteiger partial charge >= 0.3 is 0 Å². The third-order valence-electron chi connectivity index (χ3n) is 1.06. The number of nitrogens with one attached hydrogen (secondary N) is 2. The van der Waals surface area contributed by atoms with Gasteiger partial charge in [0, 0.05) is 12.6 Å². The topological polar surface area (TPSA) is 76.1 Å². The molecule has 56 valence electrons. The Morgan fingerprint density at radius 2 is 2.22 bits per heavy atom. The van der Waals surface area contributed by atoms with Crippen molar-refractivity contribution < 1.29 is 0 Å². The Kier molecular flexibility index (Phi) is 5.86. The van der Waals surface area contributed by atoms with Gasteiger partial charge in [0.25, 0.3) is 0 Å². The SMILES string of the molecule is CC(N)CCCNNN. The summed E-state index contributed by atoms with van der Waals surface area (Å²) >= 11 is 0. The van der Waals surface area contributed by atoms with E-state index in [0.29, 0.717) is 6.04 Å². The highest BCUT2D eigenvalue weighted by atomic mass is 15.5. The number of hydrogen-bond donors (Lipinski definition) is 4. The first-order valence-corrected chi connectivity index (χ1v) is 3.21. The minimum atomic E-state index is 0.296. The first kappa shape index (κ1) is 8.84. The highest BCUT2D eigenvalue weighted by molar-refractivity contribution is 4.52. The maximum atomic E-state index is 5.50. The van der Waals surface area contributed by atoms with Gasteiger partial charge in [-0.3, -0.25) is 5.84 Å². The molecule has 0 fully saturated rings. The predicted molar refractivity (Wildman–Crippen MR) is 38.2 cm³/mol. The van der Waals surface area contributed by atoms with E-state index < -0.39 is 0 Å². The van der Waals surface area contributed by atoms with Crippen LogP contribution in [0.3, 0.4) is 0 Å². The second kappa shape index (κ2) is 5.97. The molecule has 0 aliphatic heterocycles. The van der Waals surface area contributed by atoms with E-state index in [1.807, 2.05) is 6.92 Å². The summed E-state index contributed by atoms with van der Waals surface area (Å²) in [6.45, 7) is 2.87. The van der Waals surface area contributed by atoms with Gasteiger partial charge in [-0.15, -0.1) is 0 Å². The van der Waals surface area contributed by atoms with Gasteiger partial charge in [0.2, 0.25) is 0 Å². The summed E-state index contributed by atoms with van der Waals surface area (Å²) < 4.78 is 0. The summed E-state index contributed by atoms with van der Waals surface area (Å²) in [6.07, 6.45) is 2.09. The van der Waals surface area contributed by atoms with Crippen LogP contribution in [-0.2, 0) is 0 Å². The molecular weight excluding hydrogens is 116 g/mol. The Balaban J connectivity index is 2.75. The third-order valence-corrected chi connectivity index (χ3v) is 1.06. The molecule has 0 radical (unpaired) electrons. The molecule has 0 bridgehead atoms. The lowest BCUT2D eigenvalue weighted by molar-refractivity contribution is 0.511. The van der Waals surface area contributed by atoms with Crippen LogP contribution in [0.2, 0.25) is 0 Å². The molecule has 1 atom stereocenters. The summed E-state index contributed by atoms with van der Waals surface area (Å²) in [5.41, 5.74) is 10.6. The van der Waals surface area contributed by atoms with E-state index in [-0.39, 0.29) is 0 Å². The van der Waals surface area contributed by atoms with E-state index in [1.165, 1.54) is 0 Å². The van der Waals surface area contributed by atoms with Gasteiger partial charge in [0.15, 0.2) is 0 Å². The van der Waals surface area contributed by atoms with Gasteiger partial charge in [-0.25, -0.2) is 5.43 Å². The Bertz CT molecular complexity index is 54.9. The van der Waals surface area contributed by atoms with Crippen LogP contribution in [0.5, 0.6) is 0 Å². The van der Waals surface area contributed by atoms with Crippen molar-refractivity contribution in [3.05, 3.63) is 0 Å². The summed E-state index contributed by atoms with van der Waals surface area (Å²) in [6, 6.07) is 0.296. The first-order valence-electron chi connectivity index (χ1n) is 3.21. The van der Waals surface area contributed by atoms with Crippen molar-refractivity contribution in [2.75, 3.05) is 6.54 Å². The fraction of sp³-hybridized carbons (Fsp3) is 1.00. The molecule has 4 nitrogen and oxygen atoms in total. The number of hydrogen-bond acceptors (Lipinski definition) is 4. The second-order valence-electron chi connectivity index (χ2n) is 2.19. The lowest BCUT2D eigenvalue weighted by Gasteiger charge is -2.04. The molecule has 0 aliphatic rings. The van der Waals surface area contributed by atoms with E-state index in [2.05, 4.69) is 11.0 Å². The summed E-state index contributed by atoms with van der Waals surface area (Å²) in [7, 11) is 0. The molecule has 0 heterocycles. The number of hydrazine groups is 2. The highest BCUT2D eigenvalue weighted by Gasteiger charge is 1.91. The van der Waals surface area contributed by atoms with Gasteiger partial charge in [0.05, 0.1) is 0 Å². The molecule has 0 rings (SSSR count). The monoisotopic (exact) mass is 132 g/mol. The minimum Gasteiger partial charge on any atom is -0.328 e. The van der Waals surface area contributed by atoms with Crippen molar-refractivity contribution in [2.24, 2.45) is 11.6 Å². The smallest absolute Gasteiger partial charge is 0.0113 e. The molecule has 0 aromatic heterocycles. The fourth-order valence-electron chi connectivity index (χ4n) is 0.585. The standard InChI is InChI=1S/C5H16N4/c1-5(6)3-2-4-8-9-7/h5,8-9H,2-4,6-7H2,1H3. The Morgan fingerprint density at radius 3 is 2.67 bits per heavy atom. The number of nitrogens with two attached hydrogens (primary N) is 2. The summed E-state index contributed by atoms with van der Waals surface area (Å²) in [4.78, 5) is 0.